The number of likely N-dealkylation sites (N-methyl/N-ethyl adjacent to an activating group) is 1. The minimum absolute atomic E-state index is 0.0166. The number of benzene rings is 2. The maximum absolute atomic E-state index is 5.16. The number of aliphatic imine (C=N–C) groups is 1. The highest BCUT2D eigenvalue weighted by Gasteiger charge is 2.37. The standard InChI is InChI=1S/C20H22N2O/c1-20(2)17-7-5-6-8-18(17)22(3)19(20)13-14-21-15-9-11-16(23-4)12-10-15/h5-14H,1-4H3. The largest absolute Gasteiger partial charge is 0.497 e. The third-order valence-corrected chi connectivity index (χ3v) is 4.47. The molecular weight excluding hydrogens is 284 g/mol. The van der Waals surface area contributed by atoms with Crippen LogP contribution in [0.2, 0.25) is 0 Å². The van der Waals surface area contributed by atoms with Gasteiger partial charge in [0.15, 0.2) is 0 Å². The lowest BCUT2D eigenvalue weighted by molar-refractivity contribution is 0.415. The molecule has 0 saturated heterocycles. The smallest absolute Gasteiger partial charge is 0.119 e. The van der Waals surface area contributed by atoms with Gasteiger partial charge >= 0.3 is 0 Å². The highest BCUT2D eigenvalue weighted by Crippen LogP contribution is 2.46. The van der Waals surface area contributed by atoms with E-state index >= 15 is 0 Å². The molecule has 1 heterocycles. The van der Waals surface area contributed by atoms with Crippen molar-refractivity contribution in [1.82, 2.24) is 0 Å². The number of hydrogen-bond acceptors (Lipinski definition) is 3. The molecule has 23 heavy (non-hydrogen) atoms. The van der Waals surface area contributed by atoms with Gasteiger partial charge < -0.3 is 9.64 Å². The number of ether oxygens (including phenoxy) is 1. The summed E-state index contributed by atoms with van der Waals surface area (Å²) in [5.74, 6) is 0.842. The van der Waals surface area contributed by atoms with Crippen LogP contribution in [0.15, 0.2) is 65.3 Å². The first kappa shape index (κ1) is 15.3. The van der Waals surface area contributed by atoms with E-state index in [1.165, 1.54) is 16.9 Å². The van der Waals surface area contributed by atoms with Crippen LogP contribution < -0.4 is 9.64 Å². The summed E-state index contributed by atoms with van der Waals surface area (Å²) in [4.78, 5) is 6.77. The Morgan fingerprint density at radius 2 is 1.74 bits per heavy atom. The van der Waals surface area contributed by atoms with E-state index in [0.29, 0.717) is 0 Å². The van der Waals surface area contributed by atoms with Gasteiger partial charge in [0.25, 0.3) is 0 Å². The molecule has 3 rings (SSSR count). The fourth-order valence-electron chi connectivity index (χ4n) is 3.16. The fraction of sp³-hybridized carbons (Fsp3) is 0.250. The molecule has 118 valence electrons. The second-order valence-electron chi connectivity index (χ2n) is 6.23. The van der Waals surface area contributed by atoms with E-state index in [1.54, 1.807) is 7.11 Å². The Balaban J connectivity index is 1.86. The Morgan fingerprint density at radius 1 is 1.04 bits per heavy atom. The Morgan fingerprint density at radius 3 is 2.39 bits per heavy atom. The molecule has 0 saturated carbocycles. The minimum Gasteiger partial charge on any atom is -0.497 e. The quantitative estimate of drug-likeness (QED) is 0.767. The first-order valence-corrected chi connectivity index (χ1v) is 7.76. The normalized spacial score (nSPS) is 17.7. The minimum atomic E-state index is -0.0166. The summed E-state index contributed by atoms with van der Waals surface area (Å²) in [6, 6.07) is 16.3. The van der Waals surface area contributed by atoms with Crippen molar-refractivity contribution in [2.75, 3.05) is 19.1 Å². The summed E-state index contributed by atoms with van der Waals surface area (Å²) in [5, 5.41) is 0. The van der Waals surface area contributed by atoms with E-state index in [1.807, 2.05) is 30.5 Å². The number of allylic oxidation sites excluding steroid dienone is 2. The maximum Gasteiger partial charge on any atom is 0.119 e. The molecule has 0 radical (unpaired) electrons. The Labute approximate surface area is 137 Å². The van der Waals surface area contributed by atoms with Crippen molar-refractivity contribution in [3.8, 4) is 5.75 Å². The first-order valence-electron chi connectivity index (χ1n) is 7.76. The van der Waals surface area contributed by atoms with Crippen LogP contribution in [-0.4, -0.2) is 20.4 Å². The molecule has 0 amide bonds. The van der Waals surface area contributed by atoms with Crippen molar-refractivity contribution < 1.29 is 4.74 Å². The molecule has 0 N–H and O–H groups in total. The lowest BCUT2D eigenvalue weighted by Gasteiger charge is -2.23. The molecule has 0 spiro atoms. The van der Waals surface area contributed by atoms with E-state index in [0.717, 1.165) is 11.4 Å². The Bertz CT molecular complexity index is 757. The summed E-state index contributed by atoms with van der Waals surface area (Å²) in [5.41, 5.74) is 4.76. The summed E-state index contributed by atoms with van der Waals surface area (Å²) < 4.78 is 5.16. The first-order chi connectivity index (χ1) is 11.0. The highest BCUT2D eigenvalue weighted by atomic mass is 16.5. The lowest BCUT2D eigenvalue weighted by Crippen LogP contribution is -2.22. The Kier molecular flexibility index (Phi) is 3.95. The van der Waals surface area contributed by atoms with Gasteiger partial charge in [0.1, 0.15) is 5.75 Å². The highest BCUT2D eigenvalue weighted by molar-refractivity contribution is 5.80. The van der Waals surface area contributed by atoms with E-state index in [2.05, 4.69) is 61.1 Å². The second kappa shape index (κ2) is 5.92. The average molecular weight is 306 g/mol. The third-order valence-electron chi connectivity index (χ3n) is 4.47. The van der Waals surface area contributed by atoms with Crippen molar-refractivity contribution in [1.29, 1.82) is 0 Å². The zero-order valence-electron chi connectivity index (χ0n) is 14.1. The molecule has 2 aromatic carbocycles. The number of rotatable bonds is 3. The number of methoxy groups -OCH3 is 1. The predicted octanol–water partition coefficient (Wildman–Crippen LogP) is 4.71. The molecule has 0 atom stereocenters. The van der Waals surface area contributed by atoms with Gasteiger partial charge in [-0.2, -0.15) is 0 Å². The summed E-state index contributed by atoms with van der Waals surface area (Å²) in [6.45, 7) is 4.50. The van der Waals surface area contributed by atoms with Crippen molar-refractivity contribution in [2.24, 2.45) is 4.99 Å². The van der Waals surface area contributed by atoms with Crippen LogP contribution in [0.4, 0.5) is 11.4 Å². The van der Waals surface area contributed by atoms with E-state index in [-0.39, 0.29) is 5.41 Å². The van der Waals surface area contributed by atoms with Crippen LogP contribution in [0.1, 0.15) is 19.4 Å². The molecular formula is C20H22N2O. The van der Waals surface area contributed by atoms with Crippen LogP contribution >= 0.6 is 0 Å². The number of hydrogen-bond donors (Lipinski definition) is 0. The zero-order chi connectivity index (χ0) is 16.4. The van der Waals surface area contributed by atoms with Gasteiger partial charge in [0.2, 0.25) is 0 Å². The third kappa shape index (κ3) is 2.74. The number of fused-ring (bicyclic) bond motifs is 1. The van der Waals surface area contributed by atoms with Gasteiger partial charge in [-0.3, -0.25) is 4.99 Å². The SMILES string of the molecule is COc1ccc(N=CC=C2N(C)c3ccccc3C2(C)C)cc1. The molecule has 0 fully saturated rings. The van der Waals surface area contributed by atoms with E-state index in [9.17, 15) is 0 Å². The molecule has 0 aromatic heterocycles. The summed E-state index contributed by atoms with van der Waals surface area (Å²) >= 11 is 0. The molecule has 0 unspecified atom stereocenters. The molecule has 1 aliphatic rings. The van der Waals surface area contributed by atoms with Gasteiger partial charge in [0.05, 0.1) is 12.8 Å². The molecule has 0 bridgehead atoms. The molecule has 3 heteroatoms. The van der Waals surface area contributed by atoms with Gasteiger partial charge in [-0.15, -0.1) is 0 Å². The molecule has 2 aromatic rings. The molecule has 1 aliphatic heterocycles. The van der Waals surface area contributed by atoms with Gasteiger partial charge in [-0.25, -0.2) is 0 Å². The van der Waals surface area contributed by atoms with Crippen LogP contribution in [0.25, 0.3) is 0 Å². The van der Waals surface area contributed by atoms with Crippen molar-refractivity contribution in [2.45, 2.75) is 19.3 Å². The van der Waals surface area contributed by atoms with Crippen LogP contribution in [0.5, 0.6) is 5.75 Å². The van der Waals surface area contributed by atoms with Crippen LogP contribution in [-0.2, 0) is 5.41 Å². The van der Waals surface area contributed by atoms with Crippen LogP contribution in [0, 0.1) is 0 Å². The monoisotopic (exact) mass is 306 g/mol. The lowest BCUT2D eigenvalue weighted by atomic mass is 9.84. The molecule has 3 nitrogen and oxygen atoms in total. The predicted molar refractivity (Wildman–Crippen MR) is 97.1 cm³/mol. The number of para-hydroxylation sites is 1. The van der Waals surface area contributed by atoms with Crippen LogP contribution in [0.3, 0.4) is 0 Å². The van der Waals surface area contributed by atoms with Gasteiger partial charge in [-0.05, 0) is 42.0 Å². The zero-order valence-corrected chi connectivity index (χ0v) is 14.1. The van der Waals surface area contributed by atoms with Crippen molar-refractivity contribution in [3.05, 3.63) is 65.9 Å². The van der Waals surface area contributed by atoms with Gasteiger partial charge in [-0.1, -0.05) is 32.0 Å². The number of anilines is 1. The van der Waals surface area contributed by atoms with Crippen molar-refractivity contribution in [3.63, 3.8) is 0 Å². The second-order valence-corrected chi connectivity index (χ2v) is 6.23. The van der Waals surface area contributed by atoms with E-state index in [4.69, 9.17) is 4.74 Å². The number of nitrogens with zero attached hydrogens (tertiary/aromatic N) is 2. The topological polar surface area (TPSA) is 24.8 Å². The van der Waals surface area contributed by atoms with Crippen molar-refractivity contribution >= 4 is 17.6 Å². The van der Waals surface area contributed by atoms with E-state index < -0.39 is 0 Å². The summed E-state index contributed by atoms with van der Waals surface area (Å²) in [7, 11) is 3.78. The average Bonchev–Trinajstić information content (AvgIpc) is 2.76. The maximum atomic E-state index is 5.16. The summed E-state index contributed by atoms with van der Waals surface area (Å²) in [6.07, 6.45) is 3.98. The Hall–Kier alpha value is -2.55. The molecule has 0 aliphatic carbocycles. The fourth-order valence-corrected chi connectivity index (χ4v) is 3.16. The van der Waals surface area contributed by atoms with Gasteiger partial charge in [0, 0.05) is 30.1 Å².